The van der Waals surface area contributed by atoms with E-state index in [1.807, 2.05) is 56.3 Å². The Morgan fingerprint density at radius 3 is 2.49 bits per heavy atom. The van der Waals surface area contributed by atoms with Crippen LogP contribution in [0.1, 0.15) is 43.5 Å². The molecule has 0 bridgehead atoms. The Morgan fingerprint density at radius 1 is 1.09 bits per heavy atom. The zero-order valence-corrected chi connectivity index (χ0v) is 21.3. The number of hydrogen-bond donors (Lipinski definition) is 0. The molecule has 2 heterocycles. The number of benzene rings is 2. The maximum Gasteiger partial charge on any atom is 0.338 e. The minimum Gasteiger partial charge on any atom is -0.493 e. The summed E-state index contributed by atoms with van der Waals surface area (Å²) in [4.78, 5) is 31.8. The van der Waals surface area contributed by atoms with E-state index in [9.17, 15) is 9.59 Å². The van der Waals surface area contributed by atoms with Crippen molar-refractivity contribution < 1.29 is 19.0 Å². The highest BCUT2D eigenvalue weighted by Crippen LogP contribution is 2.31. The maximum atomic E-state index is 13.7. The fraction of sp³-hybridized carbons (Fsp3) is 0.296. The van der Waals surface area contributed by atoms with Gasteiger partial charge in [0.1, 0.15) is 0 Å². The number of aryl methyl sites for hydroxylation is 1. The van der Waals surface area contributed by atoms with E-state index in [1.54, 1.807) is 31.6 Å². The zero-order chi connectivity index (χ0) is 25.1. The number of carbonyl (C=O) groups excluding carboxylic acids is 1. The number of esters is 1. The molecule has 0 radical (unpaired) electrons. The van der Waals surface area contributed by atoms with Crippen LogP contribution < -0.4 is 24.4 Å². The highest BCUT2D eigenvalue weighted by atomic mass is 32.1. The third kappa shape index (κ3) is 4.79. The molecule has 1 aliphatic rings. The Bertz CT molecular complexity index is 1460. The van der Waals surface area contributed by atoms with Gasteiger partial charge in [0.05, 0.1) is 42.2 Å². The van der Waals surface area contributed by atoms with Gasteiger partial charge in [-0.05, 0) is 57.0 Å². The van der Waals surface area contributed by atoms with E-state index in [4.69, 9.17) is 14.2 Å². The van der Waals surface area contributed by atoms with Crippen molar-refractivity contribution in [2.75, 3.05) is 20.3 Å². The van der Waals surface area contributed by atoms with Gasteiger partial charge >= 0.3 is 5.97 Å². The van der Waals surface area contributed by atoms with Crippen molar-refractivity contribution in [3.8, 4) is 11.5 Å². The second-order valence-corrected chi connectivity index (χ2v) is 9.07. The SMILES string of the molecule is CCOC(=O)C1=C(C)N=c2sc(=Cc3ccc(OC)c(OCC)c3)c(=O)n2[C@H]1c1ccc(C)cc1. The topological polar surface area (TPSA) is 79.1 Å². The Labute approximate surface area is 207 Å². The van der Waals surface area contributed by atoms with Gasteiger partial charge in [0.15, 0.2) is 16.3 Å². The van der Waals surface area contributed by atoms with E-state index in [0.29, 0.717) is 38.7 Å². The maximum absolute atomic E-state index is 13.7. The summed E-state index contributed by atoms with van der Waals surface area (Å²) in [6.07, 6.45) is 1.81. The number of nitrogens with zero attached hydrogens (tertiary/aromatic N) is 2. The molecule has 0 amide bonds. The van der Waals surface area contributed by atoms with E-state index in [-0.39, 0.29) is 12.2 Å². The summed E-state index contributed by atoms with van der Waals surface area (Å²) in [5.74, 6) is 0.763. The smallest absolute Gasteiger partial charge is 0.338 e. The van der Waals surface area contributed by atoms with Crippen LogP contribution in [0.5, 0.6) is 11.5 Å². The Morgan fingerprint density at radius 2 is 1.83 bits per heavy atom. The van der Waals surface area contributed by atoms with Gasteiger partial charge in [0.25, 0.3) is 5.56 Å². The first-order valence-electron chi connectivity index (χ1n) is 11.4. The van der Waals surface area contributed by atoms with E-state index in [0.717, 1.165) is 16.7 Å². The van der Waals surface area contributed by atoms with Crippen LogP contribution in [0.4, 0.5) is 0 Å². The molecule has 3 aromatic rings. The van der Waals surface area contributed by atoms with Crippen molar-refractivity contribution >= 4 is 23.4 Å². The molecular formula is C27H28N2O5S. The van der Waals surface area contributed by atoms with Crippen molar-refractivity contribution in [1.29, 1.82) is 0 Å². The van der Waals surface area contributed by atoms with Crippen molar-refractivity contribution in [2.45, 2.75) is 33.7 Å². The van der Waals surface area contributed by atoms with Crippen LogP contribution in [0.2, 0.25) is 0 Å². The predicted molar refractivity (Wildman–Crippen MR) is 136 cm³/mol. The molecule has 0 unspecified atom stereocenters. The Balaban J connectivity index is 1.91. The number of allylic oxidation sites excluding steroid dienone is 1. The minimum absolute atomic E-state index is 0.220. The number of ether oxygens (including phenoxy) is 3. The predicted octanol–water partition coefficient (Wildman–Crippen LogP) is 3.51. The normalized spacial score (nSPS) is 15.5. The molecule has 0 aliphatic carbocycles. The summed E-state index contributed by atoms with van der Waals surface area (Å²) in [7, 11) is 1.59. The molecule has 4 rings (SSSR count). The lowest BCUT2D eigenvalue weighted by molar-refractivity contribution is -0.139. The van der Waals surface area contributed by atoms with Crippen molar-refractivity contribution in [3.63, 3.8) is 0 Å². The van der Waals surface area contributed by atoms with Gasteiger partial charge in [0, 0.05) is 0 Å². The van der Waals surface area contributed by atoms with Gasteiger partial charge in [-0.15, -0.1) is 0 Å². The third-order valence-corrected chi connectivity index (χ3v) is 6.68. The van der Waals surface area contributed by atoms with E-state index < -0.39 is 12.0 Å². The largest absolute Gasteiger partial charge is 0.493 e. The fourth-order valence-corrected chi connectivity index (χ4v) is 5.11. The Kier molecular flexibility index (Phi) is 7.21. The molecule has 35 heavy (non-hydrogen) atoms. The monoisotopic (exact) mass is 492 g/mol. The second-order valence-electron chi connectivity index (χ2n) is 8.06. The van der Waals surface area contributed by atoms with Crippen LogP contribution in [0.25, 0.3) is 6.08 Å². The molecule has 182 valence electrons. The molecule has 1 aromatic heterocycles. The van der Waals surface area contributed by atoms with Crippen LogP contribution in [-0.4, -0.2) is 30.9 Å². The molecule has 0 saturated heterocycles. The number of hydrogen-bond acceptors (Lipinski definition) is 7. The first kappa shape index (κ1) is 24.5. The molecular weight excluding hydrogens is 464 g/mol. The van der Waals surface area contributed by atoms with Gasteiger partial charge in [0.2, 0.25) is 0 Å². The lowest BCUT2D eigenvalue weighted by Gasteiger charge is -2.24. The quantitative estimate of drug-likeness (QED) is 0.472. The van der Waals surface area contributed by atoms with Crippen molar-refractivity contribution in [1.82, 2.24) is 4.57 Å². The summed E-state index contributed by atoms with van der Waals surface area (Å²) in [6, 6.07) is 12.7. The summed E-state index contributed by atoms with van der Waals surface area (Å²) in [5.41, 5.74) is 3.41. The number of thiazole rings is 1. The van der Waals surface area contributed by atoms with Crippen molar-refractivity contribution in [3.05, 3.63) is 90.1 Å². The van der Waals surface area contributed by atoms with Crippen LogP contribution in [0.15, 0.2) is 63.5 Å². The van der Waals surface area contributed by atoms with Crippen LogP contribution >= 0.6 is 11.3 Å². The van der Waals surface area contributed by atoms with Gasteiger partial charge in [-0.3, -0.25) is 9.36 Å². The number of rotatable bonds is 7. The van der Waals surface area contributed by atoms with E-state index in [1.165, 1.54) is 11.3 Å². The number of fused-ring (bicyclic) bond motifs is 1. The summed E-state index contributed by atoms with van der Waals surface area (Å²) < 4.78 is 18.5. The summed E-state index contributed by atoms with van der Waals surface area (Å²) in [6.45, 7) is 8.17. The van der Waals surface area contributed by atoms with Gasteiger partial charge < -0.3 is 14.2 Å². The first-order valence-corrected chi connectivity index (χ1v) is 12.3. The minimum atomic E-state index is -0.622. The molecule has 2 aromatic carbocycles. The molecule has 8 heteroatoms. The molecule has 1 aliphatic heterocycles. The fourth-order valence-electron chi connectivity index (χ4n) is 4.06. The Hall–Kier alpha value is -3.65. The molecule has 0 saturated carbocycles. The zero-order valence-electron chi connectivity index (χ0n) is 20.5. The lowest BCUT2D eigenvalue weighted by Crippen LogP contribution is -2.39. The number of aromatic nitrogens is 1. The van der Waals surface area contributed by atoms with Gasteiger partial charge in [-0.1, -0.05) is 47.2 Å². The van der Waals surface area contributed by atoms with Crippen LogP contribution in [-0.2, 0) is 9.53 Å². The highest BCUT2D eigenvalue weighted by Gasteiger charge is 2.33. The molecule has 0 fully saturated rings. The summed E-state index contributed by atoms with van der Waals surface area (Å²) >= 11 is 1.29. The average molecular weight is 493 g/mol. The third-order valence-electron chi connectivity index (χ3n) is 5.70. The molecule has 7 nitrogen and oxygen atoms in total. The highest BCUT2D eigenvalue weighted by molar-refractivity contribution is 7.07. The van der Waals surface area contributed by atoms with Crippen molar-refractivity contribution in [2.24, 2.45) is 4.99 Å². The van der Waals surface area contributed by atoms with E-state index >= 15 is 0 Å². The standard InChI is InChI=1S/C27H28N2O5S/c1-6-33-21-14-18(10-13-20(21)32-5)15-22-25(30)29-24(19-11-8-16(3)9-12-19)23(26(31)34-7-2)17(4)28-27(29)35-22/h8-15,24H,6-7H2,1-5H3/t24-/m0/s1. The summed E-state index contributed by atoms with van der Waals surface area (Å²) in [5, 5.41) is 0. The number of carbonyl (C=O) groups is 1. The van der Waals surface area contributed by atoms with Gasteiger partial charge in [-0.2, -0.15) is 0 Å². The molecule has 1 atom stereocenters. The van der Waals surface area contributed by atoms with E-state index in [2.05, 4.69) is 4.99 Å². The van der Waals surface area contributed by atoms with Gasteiger partial charge in [-0.25, -0.2) is 9.79 Å². The van der Waals surface area contributed by atoms with Crippen LogP contribution in [0, 0.1) is 6.92 Å². The van der Waals surface area contributed by atoms with Crippen LogP contribution in [0.3, 0.4) is 0 Å². The first-order chi connectivity index (χ1) is 16.9. The number of methoxy groups -OCH3 is 1. The molecule has 0 N–H and O–H groups in total. The average Bonchev–Trinajstić information content (AvgIpc) is 3.13. The second kappa shape index (κ2) is 10.3. The lowest BCUT2D eigenvalue weighted by atomic mass is 9.95. The molecule has 0 spiro atoms.